The van der Waals surface area contributed by atoms with Gasteiger partial charge in [0.2, 0.25) is 5.95 Å². The fourth-order valence-corrected chi connectivity index (χ4v) is 3.32. The third-order valence-corrected chi connectivity index (χ3v) is 4.82. The lowest BCUT2D eigenvalue weighted by Crippen LogP contribution is -2.49. The Kier molecular flexibility index (Phi) is 5.38. The average molecular weight is 369 g/mol. The first kappa shape index (κ1) is 17.6. The monoisotopic (exact) mass is 369 g/mol. The summed E-state index contributed by atoms with van der Waals surface area (Å²) in [5.74, 6) is 1.28. The van der Waals surface area contributed by atoms with Crippen molar-refractivity contribution in [2.45, 2.75) is 18.9 Å². The molecule has 2 aliphatic rings. The van der Waals surface area contributed by atoms with E-state index in [-0.39, 0.29) is 12.0 Å². The van der Waals surface area contributed by atoms with Gasteiger partial charge >= 0.3 is 0 Å². The van der Waals surface area contributed by atoms with Crippen molar-refractivity contribution in [2.24, 2.45) is 0 Å². The molecule has 9 heteroatoms. The summed E-state index contributed by atoms with van der Waals surface area (Å²) in [7, 11) is 0. The fourth-order valence-electron chi connectivity index (χ4n) is 3.32. The van der Waals surface area contributed by atoms with Gasteiger partial charge in [-0.3, -0.25) is 4.79 Å². The van der Waals surface area contributed by atoms with Crippen molar-refractivity contribution in [3.05, 3.63) is 36.5 Å². The number of carbonyl (C=O) groups is 1. The van der Waals surface area contributed by atoms with Gasteiger partial charge in [0.1, 0.15) is 17.8 Å². The maximum atomic E-state index is 12.8. The predicted octanol–water partition coefficient (Wildman–Crippen LogP) is 0.820. The smallest absolute Gasteiger partial charge is 0.272 e. The van der Waals surface area contributed by atoms with Crippen molar-refractivity contribution in [1.29, 1.82) is 0 Å². The second-order valence-electron chi connectivity index (χ2n) is 6.63. The molecule has 2 aromatic heterocycles. The number of amides is 1. The topological polar surface area (TPSA) is 96.4 Å². The van der Waals surface area contributed by atoms with E-state index in [0.717, 1.165) is 19.4 Å². The Morgan fingerprint density at radius 1 is 1.15 bits per heavy atom. The van der Waals surface area contributed by atoms with Crippen LogP contribution in [0.25, 0.3) is 0 Å². The van der Waals surface area contributed by atoms with E-state index in [1.54, 1.807) is 24.5 Å². The van der Waals surface area contributed by atoms with Crippen LogP contribution in [0.3, 0.4) is 0 Å². The quantitative estimate of drug-likeness (QED) is 0.827. The first-order valence-corrected chi connectivity index (χ1v) is 9.28. The summed E-state index contributed by atoms with van der Waals surface area (Å²) in [5.41, 5.74) is 0.407. The molecule has 27 heavy (non-hydrogen) atoms. The van der Waals surface area contributed by atoms with Gasteiger partial charge in [-0.05, 0) is 18.9 Å². The normalized spacial score (nSPS) is 19.9. The maximum Gasteiger partial charge on any atom is 0.272 e. The lowest BCUT2D eigenvalue weighted by molar-refractivity contribution is 0.0740. The van der Waals surface area contributed by atoms with E-state index >= 15 is 0 Å². The highest BCUT2D eigenvalue weighted by atomic mass is 16.5. The number of aromatic nitrogens is 4. The van der Waals surface area contributed by atoms with Crippen LogP contribution in [0, 0.1) is 0 Å². The van der Waals surface area contributed by atoms with Crippen LogP contribution >= 0.6 is 0 Å². The molecule has 142 valence electrons. The first-order chi connectivity index (χ1) is 13.3. The highest BCUT2D eigenvalue weighted by Gasteiger charge is 2.24. The molecule has 2 aromatic rings. The lowest BCUT2D eigenvalue weighted by atomic mass is 10.2. The summed E-state index contributed by atoms with van der Waals surface area (Å²) in [4.78, 5) is 33.6. The minimum Gasteiger partial charge on any atom is -0.376 e. The summed E-state index contributed by atoms with van der Waals surface area (Å²) in [6.45, 7) is 4.13. The zero-order valence-electron chi connectivity index (χ0n) is 15.1. The second kappa shape index (κ2) is 8.26. The fraction of sp³-hybridized carbons (Fsp3) is 0.500. The van der Waals surface area contributed by atoms with Crippen LogP contribution in [0.2, 0.25) is 0 Å². The Balaban J connectivity index is 1.33. The molecular formula is C18H23N7O2. The van der Waals surface area contributed by atoms with Gasteiger partial charge in [0.15, 0.2) is 0 Å². The molecule has 1 N–H and O–H groups in total. The maximum absolute atomic E-state index is 12.8. The van der Waals surface area contributed by atoms with Crippen molar-refractivity contribution in [3.8, 4) is 0 Å². The third kappa shape index (κ3) is 4.30. The zero-order valence-corrected chi connectivity index (χ0v) is 15.1. The predicted molar refractivity (Wildman–Crippen MR) is 99.6 cm³/mol. The Bertz CT molecular complexity index is 759. The van der Waals surface area contributed by atoms with Crippen LogP contribution < -0.4 is 10.2 Å². The van der Waals surface area contributed by atoms with Crippen molar-refractivity contribution in [1.82, 2.24) is 24.8 Å². The van der Waals surface area contributed by atoms with E-state index in [9.17, 15) is 4.79 Å². The van der Waals surface area contributed by atoms with Crippen molar-refractivity contribution < 1.29 is 9.53 Å². The molecule has 2 fully saturated rings. The second-order valence-corrected chi connectivity index (χ2v) is 6.63. The van der Waals surface area contributed by atoms with Gasteiger partial charge in [-0.1, -0.05) is 0 Å². The number of carbonyl (C=O) groups excluding carboxylic acids is 1. The standard InChI is InChI=1S/C18H23N7O2/c26-17(24-6-8-25(9-7-24)18-19-4-2-5-20-18)15-11-16(23-13-22-15)21-12-14-3-1-10-27-14/h2,4-5,11,13-14H,1,3,6-10,12H2,(H,21,22,23). The summed E-state index contributed by atoms with van der Waals surface area (Å²) in [6.07, 6.45) is 7.25. The van der Waals surface area contributed by atoms with Crippen molar-refractivity contribution in [2.75, 3.05) is 49.5 Å². The molecule has 0 aliphatic carbocycles. The Morgan fingerprint density at radius 2 is 1.96 bits per heavy atom. The molecule has 2 saturated heterocycles. The van der Waals surface area contributed by atoms with E-state index in [2.05, 4.69) is 30.2 Å². The molecule has 1 atom stereocenters. The third-order valence-electron chi connectivity index (χ3n) is 4.82. The van der Waals surface area contributed by atoms with Crippen LogP contribution in [0.15, 0.2) is 30.9 Å². The molecule has 9 nitrogen and oxygen atoms in total. The summed E-state index contributed by atoms with van der Waals surface area (Å²) in [6, 6.07) is 3.51. The largest absolute Gasteiger partial charge is 0.376 e. The molecule has 1 amide bonds. The van der Waals surface area contributed by atoms with Gasteiger partial charge < -0.3 is 19.9 Å². The minimum atomic E-state index is -0.0776. The van der Waals surface area contributed by atoms with Gasteiger partial charge in [-0.2, -0.15) is 0 Å². The summed E-state index contributed by atoms with van der Waals surface area (Å²) >= 11 is 0. The molecule has 2 aliphatic heterocycles. The number of hydrogen-bond donors (Lipinski definition) is 1. The molecule has 0 bridgehead atoms. The minimum absolute atomic E-state index is 0.0776. The highest BCUT2D eigenvalue weighted by Crippen LogP contribution is 2.15. The molecule has 0 aromatic carbocycles. The average Bonchev–Trinajstić information content (AvgIpc) is 3.26. The Labute approximate surface area is 157 Å². The van der Waals surface area contributed by atoms with Gasteiger partial charge in [-0.25, -0.2) is 19.9 Å². The van der Waals surface area contributed by atoms with Crippen LogP contribution in [0.1, 0.15) is 23.3 Å². The number of rotatable bonds is 5. The van der Waals surface area contributed by atoms with E-state index in [4.69, 9.17) is 4.74 Å². The Morgan fingerprint density at radius 3 is 2.70 bits per heavy atom. The van der Waals surface area contributed by atoms with Crippen LogP contribution in [0.4, 0.5) is 11.8 Å². The molecule has 0 radical (unpaired) electrons. The van der Waals surface area contributed by atoms with E-state index in [1.165, 1.54) is 6.33 Å². The molecule has 1 unspecified atom stereocenters. The van der Waals surface area contributed by atoms with Gasteiger partial charge in [0.05, 0.1) is 6.10 Å². The molecule has 4 rings (SSSR count). The number of hydrogen-bond acceptors (Lipinski definition) is 8. The lowest BCUT2D eigenvalue weighted by Gasteiger charge is -2.34. The van der Waals surface area contributed by atoms with Gasteiger partial charge in [-0.15, -0.1) is 0 Å². The summed E-state index contributed by atoms with van der Waals surface area (Å²) < 4.78 is 5.60. The molecule has 0 saturated carbocycles. The number of nitrogens with one attached hydrogen (secondary N) is 1. The van der Waals surface area contributed by atoms with Crippen LogP contribution in [-0.4, -0.2) is 76.2 Å². The van der Waals surface area contributed by atoms with Crippen LogP contribution in [-0.2, 0) is 4.74 Å². The zero-order chi connectivity index (χ0) is 18.5. The van der Waals surface area contributed by atoms with E-state index in [0.29, 0.717) is 50.2 Å². The highest BCUT2D eigenvalue weighted by molar-refractivity contribution is 5.93. The van der Waals surface area contributed by atoms with Crippen LogP contribution in [0.5, 0.6) is 0 Å². The number of ether oxygens (including phenoxy) is 1. The first-order valence-electron chi connectivity index (χ1n) is 9.28. The number of nitrogens with zero attached hydrogens (tertiary/aromatic N) is 6. The number of anilines is 2. The van der Waals surface area contributed by atoms with Crippen molar-refractivity contribution >= 4 is 17.7 Å². The number of piperazine rings is 1. The molecular weight excluding hydrogens is 346 g/mol. The summed E-state index contributed by atoms with van der Waals surface area (Å²) in [5, 5.41) is 3.24. The van der Waals surface area contributed by atoms with Gasteiger partial charge in [0, 0.05) is 57.8 Å². The molecule has 4 heterocycles. The van der Waals surface area contributed by atoms with Gasteiger partial charge in [0.25, 0.3) is 5.91 Å². The Hall–Kier alpha value is -2.81. The molecule has 0 spiro atoms. The van der Waals surface area contributed by atoms with Crippen molar-refractivity contribution in [3.63, 3.8) is 0 Å². The van der Waals surface area contributed by atoms with E-state index < -0.39 is 0 Å². The van der Waals surface area contributed by atoms with E-state index in [1.807, 2.05) is 4.90 Å². The SMILES string of the molecule is O=C(c1cc(NCC2CCCO2)ncn1)N1CCN(c2ncccn2)CC1.